The van der Waals surface area contributed by atoms with Gasteiger partial charge in [0.25, 0.3) is 0 Å². The number of piperidine rings is 1. The molecule has 0 N–H and O–H groups in total. The molecule has 120 valence electrons. The Kier molecular flexibility index (Phi) is 5.46. The Labute approximate surface area is 133 Å². The Morgan fingerprint density at radius 3 is 2.77 bits per heavy atom. The Bertz CT molecular complexity index is 477. The molecule has 3 rings (SSSR count). The van der Waals surface area contributed by atoms with Crippen LogP contribution in [0.15, 0.2) is 30.3 Å². The maximum atomic E-state index is 11.9. The highest BCUT2D eigenvalue weighted by Crippen LogP contribution is 2.21. The van der Waals surface area contributed by atoms with Gasteiger partial charge in [-0.2, -0.15) is 0 Å². The Morgan fingerprint density at radius 1 is 1.14 bits per heavy atom. The van der Waals surface area contributed by atoms with E-state index < -0.39 is 0 Å². The first-order valence-corrected chi connectivity index (χ1v) is 8.46. The van der Waals surface area contributed by atoms with Gasteiger partial charge in [0.15, 0.2) is 0 Å². The number of amides is 1. The number of hydrogen-bond acceptors (Lipinski definition) is 3. The van der Waals surface area contributed by atoms with Crippen molar-refractivity contribution in [3.8, 4) is 0 Å². The summed E-state index contributed by atoms with van der Waals surface area (Å²) in [4.78, 5) is 16.4. The molecule has 2 fully saturated rings. The minimum absolute atomic E-state index is 0.354. The van der Waals surface area contributed by atoms with Crippen molar-refractivity contribution in [2.75, 3.05) is 32.8 Å². The molecule has 4 heteroatoms. The molecule has 2 aliphatic rings. The minimum atomic E-state index is 0.354. The zero-order valence-corrected chi connectivity index (χ0v) is 13.2. The van der Waals surface area contributed by atoms with E-state index in [1.165, 1.54) is 12.0 Å². The summed E-state index contributed by atoms with van der Waals surface area (Å²) in [6, 6.07) is 10.7. The quantitative estimate of drug-likeness (QED) is 0.756. The first kappa shape index (κ1) is 15.5. The van der Waals surface area contributed by atoms with E-state index in [2.05, 4.69) is 21.9 Å². The largest absolute Gasteiger partial charge is 0.375 e. The average molecular weight is 302 g/mol. The fourth-order valence-electron chi connectivity index (χ4n) is 3.50. The van der Waals surface area contributed by atoms with Gasteiger partial charge in [-0.3, -0.25) is 9.69 Å². The van der Waals surface area contributed by atoms with Gasteiger partial charge in [0.05, 0.1) is 13.2 Å². The molecule has 0 aromatic heterocycles. The van der Waals surface area contributed by atoms with Crippen LogP contribution in [0.1, 0.15) is 31.2 Å². The zero-order chi connectivity index (χ0) is 15.2. The lowest BCUT2D eigenvalue weighted by Gasteiger charge is -2.37. The van der Waals surface area contributed by atoms with Crippen molar-refractivity contribution in [2.24, 2.45) is 0 Å². The standard InChI is InChI=1S/C18H26N2O2/c21-18-9-5-11-20(18)17-8-4-10-19(14-17)12-13-22-15-16-6-2-1-3-7-16/h1-3,6-7,17H,4-5,8-15H2. The van der Waals surface area contributed by atoms with E-state index in [0.717, 1.165) is 52.0 Å². The molecular weight excluding hydrogens is 276 g/mol. The Balaban J connectivity index is 1.38. The van der Waals surface area contributed by atoms with Gasteiger partial charge in [0, 0.05) is 32.1 Å². The maximum Gasteiger partial charge on any atom is 0.222 e. The predicted molar refractivity (Wildman–Crippen MR) is 86.5 cm³/mol. The molecule has 1 aromatic rings. The van der Waals surface area contributed by atoms with Crippen LogP contribution in [0.4, 0.5) is 0 Å². The Hall–Kier alpha value is -1.39. The van der Waals surface area contributed by atoms with Crippen molar-refractivity contribution in [2.45, 2.75) is 38.3 Å². The zero-order valence-electron chi connectivity index (χ0n) is 13.2. The highest BCUT2D eigenvalue weighted by Gasteiger charge is 2.30. The second-order valence-corrected chi connectivity index (χ2v) is 6.33. The van der Waals surface area contributed by atoms with Gasteiger partial charge in [-0.25, -0.2) is 0 Å². The van der Waals surface area contributed by atoms with Crippen LogP contribution in [-0.4, -0.2) is 54.5 Å². The number of carbonyl (C=O) groups is 1. The number of rotatable bonds is 6. The summed E-state index contributed by atoms with van der Waals surface area (Å²) < 4.78 is 5.78. The first-order chi connectivity index (χ1) is 10.8. The van der Waals surface area contributed by atoms with Gasteiger partial charge in [-0.05, 0) is 31.4 Å². The molecule has 0 bridgehead atoms. The van der Waals surface area contributed by atoms with Gasteiger partial charge < -0.3 is 9.64 Å². The van der Waals surface area contributed by atoms with Crippen molar-refractivity contribution < 1.29 is 9.53 Å². The van der Waals surface area contributed by atoms with Gasteiger partial charge in [0.1, 0.15) is 0 Å². The van der Waals surface area contributed by atoms with Crippen LogP contribution < -0.4 is 0 Å². The lowest BCUT2D eigenvalue weighted by molar-refractivity contribution is -0.130. The molecule has 2 heterocycles. The molecule has 0 spiro atoms. The third-order valence-corrected chi connectivity index (χ3v) is 4.69. The lowest BCUT2D eigenvalue weighted by atomic mass is 10.0. The van der Waals surface area contributed by atoms with Crippen molar-refractivity contribution in [3.63, 3.8) is 0 Å². The molecule has 0 aliphatic carbocycles. The van der Waals surface area contributed by atoms with E-state index in [1.54, 1.807) is 0 Å². The topological polar surface area (TPSA) is 32.8 Å². The summed E-state index contributed by atoms with van der Waals surface area (Å²) in [5.41, 5.74) is 1.22. The number of hydrogen-bond donors (Lipinski definition) is 0. The van der Waals surface area contributed by atoms with Crippen molar-refractivity contribution in [1.29, 1.82) is 0 Å². The van der Waals surface area contributed by atoms with Crippen LogP contribution in [0.3, 0.4) is 0 Å². The third-order valence-electron chi connectivity index (χ3n) is 4.69. The number of carbonyl (C=O) groups excluding carboxylic acids is 1. The molecule has 1 aromatic carbocycles. The molecular formula is C18H26N2O2. The average Bonchev–Trinajstić information content (AvgIpc) is 2.99. The Morgan fingerprint density at radius 2 is 2.00 bits per heavy atom. The predicted octanol–water partition coefficient (Wildman–Crippen LogP) is 2.29. The van der Waals surface area contributed by atoms with Crippen LogP contribution in [0, 0.1) is 0 Å². The van der Waals surface area contributed by atoms with E-state index in [1.807, 2.05) is 18.2 Å². The molecule has 1 amide bonds. The molecule has 22 heavy (non-hydrogen) atoms. The van der Waals surface area contributed by atoms with E-state index in [0.29, 0.717) is 18.6 Å². The monoisotopic (exact) mass is 302 g/mol. The molecule has 1 unspecified atom stereocenters. The fraction of sp³-hybridized carbons (Fsp3) is 0.611. The van der Waals surface area contributed by atoms with E-state index in [-0.39, 0.29) is 0 Å². The van der Waals surface area contributed by atoms with E-state index >= 15 is 0 Å². The number of nitrogens with zero attached hydrogens (tertiary/aromatic N) is 2. The van der Waals surface area contributed by atoms with Crippen LogP contribution >= 0.6 is 0 Å². The first-order valence-electron chi connectivity index (χ1n) is 8.46. The molecule has 1 atom stereocenters. The van der Waals surface area contributed by atoms with Crippen molar-refractivity contribution in [3.05, 3.63) is 35.9 Å². The summed E-state index contributed by atoms with van der Waals surface area (Å²) >= 11 is 0. The van der Waals surface area contributed by atoms with Crippen molar-refractivity contribution >= 4 is 5.91 Å². The number of benzene rings is 1. The van der Waals surface area contributed by atoms with Gasteiger partial charge >= 0.3 is 0 Å². The molecule has 0 saturated carbocycles. The van der Waals surface area contributed by atoms with Crippen LogP contribution in [0.2, 0.25) is 0 Å². The molecule has 4 nitrogen and oxygen atoms in total. The van der Waals surface area contributed by atoms with E-state index in [9.17, 15) is 4.79 Å². The van der Waals surface area contributed by atoms with E-state index in [4.69, 9.17) is 4.74 Å². The van der Waals surface area contributed by atoms with Crippen LogP contribution in [0.25, 0.3) is 0 Å². The van der Waals surface area contributed by atoms with Crippen LogP contribution in [0.5, 0.6) is 0 Å². The second-order valence-electron chi connectivity index (χ2n) is 6.33. The highest BCUT2D eigenvalue weighted by molar-refractivity contribution is 5.78. The normalized spacial score (nSPS) is 23.2. The second kappa shape index (κ2) is 7.75. The molecule has 0 radical (unpaired) electrons. The molecule has 2 aliphatic heterocycles. The summed E-state index contributed by atoms with van der Waals surface area (Å²) in [6.45, 7) is 5.51. The third kappa shape index (κ3) is 4.08. The van der Waals surface area contributed by atoms with Crippen molar-refractivity contribution in [1.82, 2.24) is 9.80 Å². The number of ether oxygens (including phenoxy) is 1. The summed E-state index contributed by atoms with van der Waals surface area (Å²) in [7, 11) is 0. The maximum absolute atomic E-state index is 11.9. The van der Waals surface area contributed by atoms with Gasteiger partial charge in [-0.1, -0.05) is 30.3 Å². The highest BCUT2D eigenvalue weighted by atomic mass is 16.5. The SMILES string of the molecule is O=C1CCCN1C1CCCN(CCOCc2ccccc2)C1. The molecule has 2 saturated heterocycles. The smallest absolute Gasteiger partial charge is 0.222 e. The van der Waals surface area contributed by atoms with Gasteiger partial charge in [-0.15, -0.1) is 0 Å². The summed E-state index contributed by atoms with van der Waals surface area (Å²) in [5, 5.41) is 0. The van der Waals surface area contributed by atoms with Gasteiger partial charge in [0.2, 0.25) is 5.91 Å². The summed E-state index contributed by atoms with van der Waals surface area (Å²) in [5.74, 6) is 0.354. The fourth-order valence-corrected chi connectivity index (χ4v) is 3.50. The van der Waals surface area contributed by atoms with Crippen LogP contribution in [-0.2, 0) is 16.1 Å². The minimum Gasteiger partial charge on any atom is -0.375 e. The summed E-state index contributed by atoms with van der Waals surface area (Å²) in [6.07, 6.45) is 4.13. The number of likely N-dealkylation sites (tertiary alicyclic amines) is 2. The lowest BCUT2D eigenvalue weighted by Crippen LogP contribution is -2.49.